The van der Waals surface area contributed by atoms with E-state index in [1.165, 1.54) is 10.6 Å². The van der Waals surface area contributed by atoms with E-state index < -0.39 is 10.0 Å². The van der Waals surface area contributed by atoms with Crippen LogP contribution in [0.15, 0.2) is 0 Å². The molecule has 6 nitrogen and oxygen atoms in total. The first-order chi connectivity index (χ1) is 9.29. The molecule has 0 saturated carbocycles. The summed E-state index contributed by atoms with van der Waals surface area (Å²) in [6, 6.07) is 0.103. The zero-order valence-corrected chi connectivity index (χ0v) is 13.2. The molecule has 2 aliphatic heterocycles. The molecule has 0 aromatic heterocycles. The number of carbonyl (C=O) groups excluding carboxylic acids is 1. The van der Waals surface area contributed by atoms with Gasteiger partial charge < -0.3 is 9.64 Å². The van der Waals surface area contributed by atoms with Crippen molar-refractivity contribution in [3.05, 3.63) is 0 Å². The SMILES string of the molecule is C[C@@H]1CO[C@@H](C)CN1C(=O)C1CCN(S(C)(=O)=O)CC1. The maximum Gasteiger partial charge on any atom is 0.226 e. The summed E-state index contributed by atoms with van der Waals surface area (Å²) < 4.78 is 29.9. The van der Waals surface area contributed by atoms with Gasteiger partial charge in [-0.3, -0.25) is 4.79 Å². The van der Waals surface area contributed by atoms with Crippen molar-refractivity contribution in [1.29, 1.82) is 0 Å². The molecule has 0 aromatic rings. The Kier molecular flexibility index (Phi) is 4.71. The number of ether oxygens (including phenoxy) is 1. The van der Waals surface area contributed by atoms with E-state index in [1.54, 1.807) is 0 Å². The van der Waals surface area contributed by atoms with Gasteiger partial charge in [0, 0.05) is 25.6 Å². The Balaban J connectivity index is 1.94. The second-order valence-electron chi connectivity index (χ2n) is 5.92. The standard InChI is InChI=1S/C13H24N2O4S/c1-10-9-19-11(2)8-15(10)13(16)12-4-6-14(7-5-12)20(3,17)18/h10-12H,4-9H2,1-3H3/t10-,11+/m1/s1. The van der Waals surface area contributed by atoms with Crippen molar-refractivity contribution < 1.29 is 17.9 Å². The number of sulfonamides is 1. The van der Waals surface area contributed by atoms with Gasteiger partial charge in [0.2, 0.25) is 15.9 Å². The van der Waals surface area contributed by atoms with Gasteiger partial charge in [0.1, 0.15) is 0 Å². The van der Waals surface area contributed by atoms with E-state index in [2.05, 4.69) is 0 Å². The van der Waals surface area contributed by atoms with Crippen LogP contribution in [0.4, 0.5) is 0 Å². The average molecular weight is 304 g/mol. The van der Waals surface area contributed by atoms with Crippen LogP contribution in [0.25, 0.3) is 0 Å². The summed E-state index contributed by atoms with van der Waals surface area (Å²) in [7, 11) is -3.13. The van der Waals surface area contributed by atoms with E-state index >= 15 is 0 Å². The number of hydrogen-bond donors (Lipinski definition) is 0. The Labute approximate surface area is 121 Å². The Morgan fingerprint density at radius 1 is 1.20 bits per heavy atom. The molecule has 0 spiro atoms. The summed E-state index contributed by atoms with van der Waals surface area (Å²) in [5, 5.41) is 0. The van der Waals surface area contributed by atoms with Crippen molar-refractivity contribution in [2.75, 3.05) is 32.5 Å². The fraction of sp³-hybridized carbons (Fsp3) is 0.923. The van der Waals surface area contributed by atoms with Gasteiger partial charge in [0.05, 0.1) is 25.0 Å². The van der Waals surface area contributed by atoms with Crippen LogP contribution in [0.1, 0.15) is 26.7 Å². The van der Waals surface area contributed by atoms with E-state index in [1.807, 2.05) is 18.7 Å². The number of amides is 1. The van der Waals surface area contributed by atoms with Crippen LogP contribution >= 0.6 is 0 Å². The van der Waals surface area contributed by atoms with Gasteiger partial charge in [-0.2, -0.15) is 0 Å². The van der Waals surface area contributed by atoms with E-state index in [4.69, 9.17) is 4.74 Å². The van der Waals surface area contributed by atoms with Crippen LogP contribution in [0, 0.1) is 5.92 Å². The first-order valence-electron chi connectivity index (χ1n) is 7.16. The molecule has 0 unspecified atom stereocenters. The fourth-order valence-corrected chi connectivity index (χ4v) is 3.75. The zero-order valence-electron chi connectivity index (χ0n) is 12.4. The second kappa shape index (κ2) is 5.99. The number of piperidine rings is 1. The lowest BCUT2D eigenvalue weighted by Gasteiger charge is -2.40. The lowest BCUT2D eigenvalue weighted by Crippen LogP contribution is -2.53. The molecule has 7 heteroatoms. The maximum atomic E-state index is 12.6. The van der Waals surface area contributed by atoms with Gasteiger partial charge in [0.25, 0.3) is 0 Å². The van der Waals surface area contributed by atoms with E-state index in [9.17, 15) is 13.2 Å². The second-order valence-corrected chi connectivity index (χ2v) is 7.90. The summed E-state index contributed by atoms with van der Waals surface area (Å²) in [5.41, 5.74) is 0. The third-order valence-corrected chi connectivity index (χ3v) is 5.47. The van der Waals surface area contributed by atoms with Gasteiger partial charge in [-0.05, 0) is 26.7 Å². The normalized spacial score (nSPS) is 30.4. The highest BCUT2D eigenvalue weighted by molar-refractivity contribution is 7.88. The third kappa shape index (κ3) is 3.51. The predicted molar refractivity (Wildman–Crippen MR) is 75.7 cm³/mol. The first-order valence-corrected chi connectivity index (χ1v) is 9.01. The molecule has 116 valence electrons. The monoisotopic (exact) mass is 304 g/mol. The maximum absolute atomic E-state index is 12.6. The molecule has 1 amide bonds. The lowest BCUT2D eigenvalue weighted by atomic mass is 9.95. The molecule has 0 N–H and O–H groups in total. The summed E-state index contributed by atoms with van der Waals surface area (Å²) in [6.07, 6.45) is 2.53. The smallest absolute Gasteiger partial charge is 0.226 e. The molecule has 0 aromatic carbocycles. The number of nitrogens with zero attached hydrogens (tertiary/aromatic N) is 2. The quantitative estimate of drug-likeness (QED) is 0.735. The number of rotatable bonds is 2. The minimum Gasteiger partial charge on any atom is -0.375 e. The van der Waals surface area contributed by atoms with Gasteiger partial charge >= 0.3 is 0 Å². The Bertz CT molecular complexity index is 457. The minimum atomic E-state index is -3.13. The number of hydrogen-bond acceptors (Lipinski definition) is 4. The van der Waals surface area contributed by atoms with Crippen LogP contribution in [0.2, 0.25) is 0 Å². The van der Waals surface area contributed by atoms with Gasteiger partial charge in [0.15, 0.2) is 0 Å². The van der Waals surface area contributed by atoms with Crippen molar-refractivity contribution in [3.8, 4) is 0 Å². The van der Waals surface area contributed by atoms with Crippen molar-refractivity contribution in [3.63, 3.8) is 0 Å². The number of morpholine rings is 1. The highest BCUT2D eigenvalue weighted by atomic mass is 32.2. The van der Waals surface area contributed by atoms with Crippen molar-refractivity contribution in [2.45, 2.75) is 38.8 Å². The molecular formula is C13H24N2O4S. The average Bonchev–Trinajstić information content (AvgIpc) is 2.40. The third-order valence-electron chi connectivity index (χ3n) is 4.16. The Hall–Kier alpha value is -0.660. The fourth-order valence-electron chi connectivity index (χ4n) is 2.88. The van der Waals surface area contributed by atoms with Gasteiger partial charge in [-0.15, -0.1) is 0 Å². The largest absolute Gasteiger partial charge is 0.375 e. The molecule has 0 bridgehead atoms. The molecule has 2 fully saturated rings. The summed E-state index contributed by atoms with van der Waals surface area (Å²) >= 11 is 0. The highest BCUT2D eigenvalue weighted by Crippen LogP contribution is 2.24. The highest BCUT2D eigenvalue weighted by Gasteiger charge is 2.35. The molecule has 2 rings (SSSR count). The molecular weight excluding hydrogens is 280 g/mol. The van der Waals surface area contributed by atoms with Crippen molar-refractivity contribution in [1.82, 2.24) is 9.21 Å². The Morgan fingerprint density at radius 2 is 1.80 bits per heavy atom. The topological polar surface area (TPSA) is 66.9 Å². The van der Waals surface area contributed by atoms with Crippen LogP contribution in [-0.2, 0) is 19.6 Å². The summed E-state index contributed by atoms with van der Waals surface area (Å²) in [5.74, 6) is 0.0987. The minimum absolute atomic E-state index is 0.0549. The van der Waals surface area contributed by atoms with Crippen molar-refractivity contribution in [2.24, 2.45) is 5.92 Å². The van der Waals surface area contributed by atoms with E-state index in [-0.39, 0.29) is 24.0 Å². The van der Waals surface area contributed by atoms with Crippen LogP contribution in [0.5, 0.6) is 0 Å². The summed E-state index contributed by atoms with van der Waals surface area (Å²) in [4.78, 5) is 14.5. The molecule has 20 heavy (non-hydrogen) atoms. The predicted octanol–water partition coefficient (Wildman–Crippen LogP) is 0.294. The molecule has 0 radical (unpaired) electrons. The molecule has 2 aliphatic rings. The molecule has 2 saturated heterocycles. The van der Waals surface area contributed by atoms with Gasteiger partial charge in [-0.1, -0.05) is 0 Å². The summed E-state index contributed by atoms with van der Waals surface area (Å²) in [6.45, 7) is 6.07. The van der Waals surface area contributed by atoms with Crippen LogP contribution < -0.4 is 0 Å². The molecule has 0 aliphatic carbocycles. The van der Waals surface area contributed by atoms with E-state index in [0.717, 1.165) is 0 Å². The molecule has 2 atom stereocenters. The number of carbonyl (C=O) groups is 1. The Morgan fingerprint density at radius 3 is 2.35 bits per heavy atom. The van der Waals surface area contributed by atoms with E-state index in [0.29, 0.717) is 39.1 Å². The van der Waals surface area contributed by atoms with Crippen LogP contribution in [0.3, 0.4) is 0 Å². The zero-order chi connectivity index (χ0) is 14.9. The molecule has 2 heterocycles. The first kappa shape index (κ1) is 15.7. The van der Waals surface area contributed by atoms with Gasteiger partial charge in [-0.25, -0.2) is 12.7 Å². The lowest BCUT2D eigenvalue weighted by molar-refractivity contribution is -0.148. The van der Waals surface area contributed by atoms with Crippen LogP contribution in [-0.4, -0.2) is 68.2 Å². The van der Waals surface area contributed by atoms with Crippen molar-refractivity contribution >= 4 is 15.9 Å².